The van der Waals surface area contributed by atoms with Crippen LogP contribution in [-0.2, 0) is 6.54 Å². The van der Waals surface area contributed by atoms with Crippen LogP contribution in [0.1, 0.15) is 19.2 Å². The fourth-order valence-electron chi connectivity index (χ4n) is 3.15. The summed E-state index contributed by atoms with van der Waals surface area (Å²) in [7, 11) is 1.78. The highest BCUT2D eigenvalue weighted by molar-refractivity contribution is 14.0. The first-order chi connectivity index (χ1) is 14.3. The van der Waals surface area contributed by atoms with E-state index in [2.05, 4.69) is 61.9 Å². The Kier molecular flexibility index (Phi) is 10.1. The number of para-hydroxylation sites is 2. The SMILES string of the molecule is CCN(CCCNC(=NC)NCc1nncn1-c1ccccc1)c1ccccc1.I. The van der Waals surface area contributed by atoms with E-state index in [0.29, 0.717) is 6.54 Å². The topological polar surface area (TPSA) is 70.4 Å². The molecule has 0 radical (unpaired) electrons. The summed E-state index contributed by atoms with van der Waals surface area (Å²) in [6.07, 6.45) is 2.75. The number of halogens is 1. The summed E-state index contributed by atoms with van der Waals surface area (Å²) in [5, 5.41) is 15.0. The molecule has 8 heteroatoms. The van der Waals surface area contributed by atoms with Crippen molar-refractivity contribution in [1.82, 2.24) is 25.4 Å². The van der Waals surface area contributed by atoms with Gasteiger partial charge < -0.3 is 15.5 Å². The predicted octanol–water partition coefficient (Wildman–Crippen LogP) is 3.47. The molecule has 0 saturated heterocycles. The zero-order chi connectivity index (χ0) is 20.3. The van der Waals surface area contributed by atoms with Crippen LogP contribution in [-0.4, -0.2) is 47.4 Å². The van der Waals surface area contributed by atoms with E-state index in [1.165, 1.54) is 5.69 Å². The van der Waals surface area contributed by atoms with Crippen LogP contribution in [0.15, 0.2) is 72.0 Å². The number of nitrogens with zero attached hydrogens (tertiary/aromatic N) is 5. The number of benzene rings is 2. The van der Waals surface area contributed by atoms with Gasteiger partial charge in [0.05, 0.1) is 6.54 Å². The van der Waals surface area contributed by atoms with Gasteiger partial charge in [0.15, 0.2) is 11.8 Å². The lowest BCUT2D eigenvalue weighted by atomic mass is 10.2. The van der Waals surface area contributed by atoms with Crippen molar-refractivity contribution < 1.29 is 0 Å². The molecular formula is C22H30IN7. The van der Waals surface area contributed by atoms with Gasteiger partial charge in [-0.05, 0) is 37.6 Å². The molecular weight excluding hydrogens is 489 g/mol. The maximum Gasteiger partial charge on any atom is 0.191 e. The normalized spacial score (nSPS) is 10.9. The van der Waals surface area contributed by atoms with Crippen LogP contribution in [0.25, 0.3) is 5.69 Å². The minimum Gasteiger partial charge on any atom is -0.372 e. The van der Waals surface area contributed by atoms with Gasteiger partial charge in [-0.1, -0.05) is 36.4 Å². The summed E-state index contributed by atoms with van der Waals surface area (Å²) in [6, 6.07) is 20.6. The maximum atomic E-state index is 4.31. The number of guanidine groups is 1. The fourth-order valence-corrected chi connectivity index (χ4v) is 3.15. The lowest BCUT2D eigenvalue weighted by Gasteiger charge is -2.23. The molecule has 0 aliphatic heterocycles. The lowest BCUT2D eigenvalue weighted by Crippen LogP contribution is -2.38. The first kappa shape index (κ1) is 23.7. The molecule has 3 rings (SSSR count). The van der Waals surface area contributed by atoms with Gasteiger partial charge in [-0.2, -0.15) is 0 Å². The Morgan fingerprint density at radius 2 is 1.73 bits per heavy atom. The van der Waals surface area contributed by atoms with Crippen LogP contribution < -0.4 is 15.5 Å². The quantitative estimate of drug-likeness (QED) is 0.196. The Hall–Kier alpha value is -2.62. The minimum atomic E-state index is 0. The van der Waals surface area contributed by atoms with E-state index < -0.39 is 0 Å². The number of anilines is 1. The van der Waals surface area contributed by atoms with Gasteiger partial charge in [-0.25, -0.2) is 0 Å². The van der Waals surface area contributed by atoms with Crippen LogP contribution >= 0.6 is 24.0 Å². The third-order valence-corrected chi connectivity index (χ3v) is 4.69. The van der Waals surface area contributed by atoms with Gasteiger partial charge in [0, 0.05) is 38.1 Å². The van der Waals surface area contributed by atoms with Crippen molar-refractivity contribution >= 4 is 35.6 Å². The molecule has 0 saturated carbocycles. The molecule has 0 spiro atoms. The Morgan fingerprint density at radius 3 is 2.40 bits per heavy atom. The zero-order valence-corrected chi connectivity index (χ0v) is 19.9. The lowest BCUT2D eigenvalue weighted by molar-refractivity contribution is 0.700. The monoisotopic (exact) mass is 519 g/mol. The van der Waals surface area contributed by atoms with Gasteiger partial charge >= 0.3 is 0 Å². The zero-order valence-electron chi connectivity index (χ0n) is 17.5. The van der Waals surface area contributed by atoms with Crippen molar-refractivity contribution in [3.8, 4) is 5.69 Å². The third-order valence-electron chi connectivity index (χ3n) is 4.69. The van der Waals surface area contributed by atoms with Gasteiger partial charge in [-0.15, -0.1) is 34.2 Å². The number of aliphatic imine (C=N–C) groups is 1. The number of rotatable bonds is 9. The third kappa shape index (κ3) is 6.72. The van der Waals surface area contributed by atoms with Crippen LogP contribution in [0.4, 0.5) is 5.69 Å². The van der Waals surface area contributed by atoms with Crippen LogP contribution in [0, 0.1) is 0 Å². The summed E-state index contributed by atoms with van der Waals surface area (Å²) in [4.78, 5) is 6.68. The van der Waals surface area contributed by atoms with Crippen molar-refractivity contribution in [2.75, 3.05) is 31.6 Å². The number of hydrogen-bond acceptors (Lipinski definition) is 4. The molecule has 0 aliphatic carbocycles. The second-order valence-electron chi connectivity index (χ2n) is 6.57. The van der Waals surface area contributed by atoms with Crippen molar-refractivity contribution in [1.29, 1.82) is 0 Å². The van der Waals surface area contributed by atoms with E-state index >= 15 is 0 Å². The first-order valence-electron chi connectivity index (χ1n) is 10.0. The van der Waals surface area contributed by atoms with E-state index in [0.717, 1.165) is 43.5 Å². The van der Waals surface area contributed by atoms with Crippen LogP contribution in [0.2, 0.25) is 0 Å². The molecule has 0 aliphatic rings. The Bertz CT molecular complexity index is 881. The van der Waals surface area contributed by atoms with Crippen LogP contribution in [0.5, 0.6) is 0 Å². The standard InChI is InChI=1S/C22H29N7.HI/c1-3-28(19-11-6-4-7-12-19)16-10-15-24-22(23-2)25-17-21-27-26-18-29(21)20-13-8-5-9-14-20;/h4-9,11-14,18H,3,10,15-17H2,1-2H3,(H2,23,24,25);1H. The minimum absolute atomic E-state index is 0. The van der Waals surface area contributed by atoms with Crippen molar-refractivity contribution in [3.05, 3.63) is 72.8 Å². The summed E-state index contributed by atoms with van der Waals surface area (Å²) in [5.74, 6) is 1.59. The molecule has 0 amide bonds. The van der Waals surface area contributed by atoms with Crippen molar-refractivity contribution in [2.24, 2.45) is 4.99 Å². The highest BCUT2D eigenvalue weighted by Crippen LogP contribution is 2.12. The first-order valence-corrected chi connectivity index (χ1v) is 10.0. The average molecular weight is 519 g/mol. The molecule has 0 unspecified atom stereocenters. The van der Waals surface area contributed by atoms with Gasteiger partial charge in [0.2, 0.25) is 0 Å². The molecule has 1 heterocycles. The Labute approximate surface area is 195 Å². The molecule has 7 nitrogen and oxygen atoms in total. The predicted molar refractivity (Wildman–Crippen MR) is 134 cm³/mol. The van der Waals surface area contributed by atoms with E-state index in [-0.39, 0.29) is 24.0 Å². The highest BCUT2D eigenvalue weighted by atomic mass is 127. The highest BCUT2D eigenvalue weighted by Gasteiger charge is 2.07. The fraction of sp³-hybridized carbons (Fsp3) is 0.318. The van der Waals surface area contributed by atoms with Crippen LogP contribution in [0.3, 0.4) is 0 Å². The summed E-state index contributed by atoms with van der Waals surface area (Å²) >= 11 is 0. The molecule has 30 heavy (non-hydrogen) atoms. The molecule has 0 atom stereocenters. The largest absolute Gasteiger partial charge is 0.372 e. The molecule has 3 aromatic rings. The van der Waals surface area contributed by atoms with Gasteiger partial charge in [0.25, 0.3) is 0 Å². The molecule has 0 bridgehead atoms. The molecule has 1 aromatic heterocycles. The van der Waals surface area contributed by atoms with E-state index in [9.17, 15) is 0 Å². The molecule has 0 fully saturated rings. The van der Waals surface area contributed by atoms with E-state index in [1.54, 1.807) is 13.4 Å². The van der Waals surface area contributed by atoms with Gasteiger partial charge in [-0.3, -0.25) is 9.56 Å². The Balaban J connectivity index is 0.00000320. The van der Waals surface area contributed by atoms with Crippen molar-refractivity contribution in [3.63, 3.8) is 0 Å². The van der Waals surface area contributed by atoms with Gasteiger partial charge in [0.1, 0.15) is 6.33 Å². The van der Waals surface area contributed by atoms with E-state index in [4.69, 9.17) is 0 Å². The second kappa shape index (κ2) is 12.8. The molecule has 2 N–H and O–H groups in total. The summed E-state index contributed by atoms with van der Waals surface area (Å²) in [6.45, 7) is 5.55. The summed E-state index contributed by atoms with van der Waals surface area (Å²) in [5.41, 5.74) is 2.30. The van der Waals surface area contributed by atoms with Crippen molar-refractivity contribution in [2.45, 2.75) is 19.9 Å². The Morgan fingerprint density at radius 1 is 1.03 bits per heavy atom. The second-order valence-corrected chi connectivity index (χ2v) is 6.57. The average Bonchev–Trinajstić information content (AvgIpc) is 3.26. The maximum absolute atomic E-state index is 4.31. The molecule has 2 aromatic carbocycles. The number of aromatic nitrogens is 3. The number of nitrogens with one attached hydrogen (secondary N) is 2. The molecule has 160 valence electrons. The smallest absolute Gasteiger partial charge is 0.191 e. The summed E-state index contributed by atoms with van der Waals surface area (Å²) < 4.78 is 1.97. The van der Waals surface area contributed by atoms with E-state index in [1.807, 2.05) is 41.0 Å². The number of hydrogen-bond donors (Lipinski definition) is 2.